The highest BCUT2D eigenvalue weighted by atomic mass is 16.4. The summed E-state index contributed by atoms with van der Waals surface area (Å²) in [4.78, 5) is 47.8. The first-order valence-electron chi connectivity index (χ1n) is 9.33. The van der Waals surface area contributed by atoms with Gasteiger partial charge in [0.05, 0.1) is 0 Å². The zero-order valence-electron chi connectivity index (χ0n) is 16.4. The summed E-state index contributed by atoms with van der Waals surface area (Å²) in [7, 11) is 0. The van der Waals surface area contributed by atoms with Crippen LogP contribution in [0.1, 0.15) is 25.3 Å². The third-order valence-corrected chi connectivity index (χ3v) is 4.16. The maximum absolute atomic E-state index is 12.7. The van der Waals surface area contributed by atoms with Crippen LogP contribution in [0.4, 0.5) is 0 Å². The fraction of sp³-hybridized carbons (Fsp3) is 0.474. The van der Waals surface area contributed by atoms with Crippen molar-refractivity contribution in [1.82, 2.24) is 16.0 Å². The van der Waals surface area contributed by atoms with Crippen LogP contribution in [-0.4, -0.2) is 60.0 Å². The molecule has 0 saturated heterocycles. The molecule has 29 heavy (non-hydrogen) atoms. The summed E-state index contributed by atoms with van der Waals surface area (Å²) in [5, 5.41) is 16.8. The molecule has 0 aliphatic rings. The Bertz CT molecular complexity index is 697. The topological polar surface area (TPSA) is 177 Å². The van der Waals surface area contributed by atoms with Gasteiger partial charge in [-0.3, -0.25) is 14.4 Å². The number of aliphatic carboxylic acids is 1. The summed E-state index contributed by atoms with van der Waals surface area (Å²) >= 11 is 0. The number of carboxylic acids is 1. The van der Waals surface area contributed by atoms with Gasteiger partial charge in [0.25, 0.3) is 0 Å². The molecule has 0 saturated carbocycles. The Balaban J connectivity index is 2.85. The van der Waals surface area contributed by atoms with Crippen LogP contribution in [0.5, 0.6) is 0 Å². The van der Waals surface area contributed by atoms with Gasteiger partial charge < -0.3 is 32.5 Å². The lowest BCUT2D eigenvalue weighted by atomic mass is 10.0. The second-order valence-corrected chi connectivity index (χ2v) is 6.57. The molecular formula is C19H29N5O5. The molecule has 0 unspecified atom stereocenters. The molecule has 0 heterocycles. The van der Waals surface area contributed by atoms with Gasteiger partial charge in [-0.1, -0.05) is 30.3 Å². The third-order valence-electron chi connectivity index (χ3n) is 4.16. The molecule has 8 N–H and O–H groups in total. The van der Waals surface area contributed by atoms with Gasteiger partial charge in [-0.25, -0.2) is 4.79 Å². The maximum atomic E-state index is 12.7. The Morgan fingerprint density at radius 3 is 2.03 bits per heavy atom. The molecule has 1 rings (SSSR count). The Morgan fingerprint density at radius 2 is 1.52 bits per heavy atom. The number of amides is 3. The molecule has 160 valence electrons. The number of carbonyl (C=O) groups excluding carboxylic acids is 3. The normalized spacial score (nSPS) is 13.6. The van der Waals surface area contributed by atoms with Crippen molar-refractivity contribution in [1.29, 1.82) is 0 Å². The lowest BCUT2D eigenvalue weighted by molar-refractivity contribution is -0.142. The van der Waals surface area contributed by atoms with Crippen molar-refractivity contribution in [2.75, 3.05) is 13.1 Å². The molecule has 1 aromatic carbocycles. The lowest BCUT2D eigenvalue weighted by Crippen LogP contribution is -2.57. The van der Waals surface area contributed by atoms with E-state index in [0.717, 1.165) is 5.56 Å². The van der Waals surface area contributed by atoms with Gasteiger partial charge in [0.2, 0.25) is 17.7 Å². The number of carbonyl (C=O) groups is 4. The van der Waals surface area contributed by atoms with E-state index in [1.54, 1.807) is 30.3 Å². The highest BCUT2D eigenvalue weighted by Gasteiger charge is 2.28. The number of hydrogen-bond donors (Lipinski definition) is 6. The van der Waals surface area contributed by atoms with Crippen molar-refractivity contribution >= 4 is 23.7 Å². The monoisotopic (exact) mass is 407 g/mol. The predicted molar refractivity (Wildman–Crippen MR) is 107 cm³/mol. The van der Waals surface area contributed by atoms with E-state index in [1.165, 1.54) is 6.92 Å². The first-order valence-corrected chi connectivity index (χ1v) is 9.33. The summed E-state index contributed by atoms with van der Waals surface area (Å²) in [6.45, 7) is 1.38. The maximum Gasteiger partial charge on any atom is 0.326 e. The molecule has 0 aromatic heterocycles. The smallest absolute Gasteiger partial charge is 0.326 e. The summed E-state index contributed by atoms with van der Waals surface area (Å²) in [6, 6.07) is 5.70. The second-order valence-electron chi connectivity index (χ2n) is 6.57. The van der Waals surface area contributed by atoms with Crippen molar-refractivity contribution in [3.8, 4) is 0 Å². The second kappa shape index (κ2) is 12.5. The molecule has 0 fully saturated rings. The molecule has 1 aromatic rings. The van der Waals surface area contributed by atoms with Crippen molar-refractivity contribution < 1.29 is 24.3 Å². The number of nitrogens with one attached hydrogen (secondary N) is 3. The van der Waals surface area contributed by atoms with Crippen LogP contribution in [0.3, 0.4) is 0 Å². The molecule has 3 atom stereocenters. The molecule has 3 amide bonds. The zero-order chi connectivity index (χ0) is 21.8. The first-order chi connectivity index (χ1) is 13.8. The van der Waals surface area contributed by atoms with E-state index in [2.05, 4.69) is 16.0 Å². The molecular weight excluding hydrogens is 378 g/mol. The third kappa shape index (κ3) is 8.71. The van der Waals surface area contributed by atoms with E-state index < -0.39 is 41.8 Å². The van der Waals surface area contributed by atoms with Crippen LogP contribution < -0.4 is 27.4 Å². The first kappa shape index (κ1) is 24.1. The molecule has 0 radical (unpaired) electrons. The summed E-state index contributed by atoms with van der Waals surface area (Å²) in [5.74, 6) is -2.90. The minimum atomic E-state index is -1.19. The minimum absolute atomic E-state index is 0.0940. The van der Waals surface area contributed by atoms with Gasteiger partial charge >= 0.3 is 5.97 Å². The number of benzene rings is 1. The van der Waals surface area contributed by atoms with Crippen LogP contribution in [0, 0.1) is 0 Å². The van der Waals surface area contributed by atoms with Gasteiger partial charge in [-0.15, -0.1) is 0 Å². The van der Waals surface area contributed by atoms with E-state index in [-0.39, 0.29) is 25.9 Å². The quantitative estimate of drug-likeness (QED) is 0.244. The van der Waals surface area contributed by atoms with Gasteiger partial charge in [0, 0.05) is 19.9 Å². The van der Waals surface area contributed by atoms with Crippen LogP contribution in [0.2, 0.25) is 0 Å². The Morgan fingerprint density at radius 1 is 0.931 bits per heavy atom. The number of carboxylic acid groups (broad SMARTS) is 1. The fourth-order valence-corrected chi connectivity index (χ4v) is 2.66. The van der Waals surface area contributed by atoms with Crippen molar-refractivity contribution in [2.45, 2.75) is 44.3 Å². The number of hydrogen-bond acceptors (Lipinski definition) is 6. The highest BCUT2D eigenvalue weighted by molar-refractivity contribution is 5.93. The Kier molecular flexibility index (Phi) is 10.3. The Hall–Kier alpha value is -2.98. The standard InChI is InChI=1S/C19H29N5O5/c1-12(25)22-16(11-21)18(27)23-14(8-5-9-20)17(26)24-15(19(28)29)10-13-6-3-2-4-7-13/h2-4,6-7,14-16H,5,8-11,20-21H2,1H3,(H,22,25)(H,23,27)(H,24,26)(H,28,29)/t14-,15-,16-/m0/s1. The fourth-order valence-electron chi connectivity index (χ4n) is 2.66. The van der Waals surface area contributed by atoms with Gasteiger partial charge in [0.15, 0.2) is 0 Å². The number of rotatable bonds is 12. The molecule has 0 aliphatic heterocycles. The minimum Gasteiger partial charge on any atom is -0.480 e. The van der Waals surface area contributed by atoms with E-state index in [9.17, 15) is 24.3 Å². The van der Waals surface area contributed by atoms with E-state index >= 15 is 0 Å². The van der Waals surface area contributed by atoms with Gasteiger partial charge in [-0.05, 0) is 24.9 Å². The molecule has 0 spiro atoms. The number of nitrogens with two attached hydrogens (primary N) is 2. The van der Waals surface area contributed by atoms with Crippen LogP contribution in [-0.2, 0) is 25.6 Å². The summed E-state index contributed by atoms with van der Waals surface area (Å²) in [6.07, 6.45) is 0.738. The lowest BCUT2D eigenvalue weighted by Gasteiger charge is -2.24. The van der Waals surface area contributed by atoms with Crippen LogP contribution in [0.25, 0.3) is 0 Å². The van der Waals surface area contributed by atoms with Gasteiger partial charge in [0.1, 0.15) is 18.1 Å². The zero-order valence-corrected chi connectivity index (χ0v) is 16.4. The van der Waals surface area contributed by atoms with Crippen molar-refractivity contribution in [3.05, 3.63) is 35.9 Å². The molecule has 10 heteroatoms. The Labute approximate surface area is 169 Å². The highest BCUT2D eigenvalue weighted by Crippen LogP contribution is 2.05. The largest absolute Gasteiger partial charge is 0.480 e. The van der Waals surface area contributed by atoms with E-state index in [1.807, 2.05) is 0 Å². The average Bonchev–Trinajstić information content (AvgIpc) is 2.68. The SMILES string of the molecule is CC(=O)N[C@@H](CN)C(=O)N[C@@H](CCCN)C(=O)N[C@@H](Cc1ccccc1)C(=O)O. The van der Waals surface area contributed by atoms with Crippen LogP contribution in [0.15, 0.2) is 30.3 Å². The molecule has 10 nitrogen and oxygen atoms in total. The molecule has 0 aliphatic carbocycles. The van der Waals surface area contributed by atoms with Gasteiger partial charge in [-0.2, -0.15) is 0 Å². The molecule has 0 bridgehead atoms. The summed E-state index contributed by atoms with van der Waals surface area (Å²) < 4.78 is 0. The van der Waals surface area contributed by atoms with Crippen molar-refractivity contribution in [3.63, 3.8) is 0 Å². The predicted octanol–water partition coefficient (Wildman–Crippen LogP) is -1.51. The van der Waals surface area contributed by atoms with Crippen molar-refractivity contribution in [2.24, 2.45) is 11.5 Å². The van der Waals surface area contributed by atoms with E-state index in [0.29, 0.717) is 6.42 Å². The van der Waals surface area contributed by atoms with E-state index in [4.69, 9.17) is 11.5 Å². The van der Waals surface area contributed by atoms with Crippen LogP contribution >= 0.6 is 0 Å². The summed E-state index contributed by atoms with van der Waals surface area (Å²) in [5.41, 5.74) is 11.7. The average molecular weight is 407 g/mol.